The van der Waals surface area contributed by atoms with Crippen molar-refractivity contribution in [3.63, 3.8) is 0 Å². The van der Waals surface area contributed by atoms with E-state index in [9.17, 15) is 4.79 Å². The average Bonchev–Trinajstić information content (AvgIpc) is 2.77. The van der Waals surface area contributed by atoms with E-state index in [2.05, 4.69) is 5.32 Å². The molecule has 1 aliphatic heterocycles. The van der Waals surface area contributed by atoms with E-state index in [0.717, 1.165) is 0 Å². The maximum Gasteiger partial charge on any atom is 0.245 e. The summed E-state index contributed by atoms with van der Waals surface area (Å²) in [5, 5.41) is 13.9. The first-order chi connectivity index (χ1) is 8.15. The summed E-state index contributed by atoms with van der Waals surface area (Å²) in [4.78, 5) is 12.1. The first kappa shape index (κ1) is 12.0. The van der Waals surface area contributed by atoms with Gasteiger partial charge in [-0.2, -0.15) is 5.26 Å². The Labute approximate surface area is 103 Å². The number of rotatable bonds is 2. The van der Waals surface area contributed by atoms with Crippen LogP contribution in [0.5, 0.6) is 0 Å². The van der Waals surface area contributed by atoms with E-state index < -0.39 is 5.54 Å². The molecule has 1 amide bonds. The molecule has 0 radical (unpaired) electrons. The summed E-state index contributed by atoms with van der Waals surface area (Å²) in [5.41, 5.74) is 5.63. The number of nitriles is 1. The number of amides is 1. The lowest BCUT2D eigenvalue weighted by atomic mass is 9.90. The highest BCUT2D eigenvalue weighted by atomic mass is 32.1. The van der Waals surface area contributed by atoms with Crippen molar-refractivity contribution in [1.29, 1.82) is 5.26 Å². The Bertz CT molecular complexity index is 458. The van der Waals surface area contributed by atoms with Gasteiger partial charge in [0, 0.05) is 13.2 Å². The number of hydrogen-bond acceptors (Lipinski definition) is 5. The SMILES string of the molecule is N#Cc1ccsc1NC(=O)C1(N)CCOCC1. The summed E-state index contributed by atoms with van der Waals surface area (Å²) in [6.07, 6.45) is 1.01. The first-order valence-electron chi connectivity index (χ1n) is 5.31. The monoisotopic (exact) mass is 251 g/mol. The van der Waals surface area contributed by atoms with Crippen LogP contribution in [0.2, 0.25) is 0 Å². The Balaban J connectivity index is 2.09. The summed E-state index contributed by atoms with van der Waals surface area (Å²) in [5.74, 6) is -0.236. The van der Waals surface area contributed by atoms with Gasteiger partial charge in [0.1, 0.15) is 16.6 Å². The second-order valence-corrected chi connectivity index (χ2v) is 4.91. The molecule has 0 aromatic carbocycles. The topological polar surface area (TPSA) is 88.1 Å². The van der Waals surface area contributed by atoms with Crippen LogP contribution in [0, 0.1) is 11.3 Å². The minimum absolute atomic E-state index is 0.236. The summed E-state index contributed by atoms with van der Waals surface area (Å²) in [6, 6.07) is 3.70. The molecule has 0 spiro atoms. The largest absolute Gasteiger partial charge is 0.381 e. The maximum absolute atomic E-state index is 12.1. The molecule has 1 saturated heterocycles. The molecule has 2 heterocycles. The number of carbonyl (C=O) groups is 1. The highest BCUT2D eigenvalue weighted by Gasteiger charge is 2.36. The van der Waals surface area contributed by atoms with E-state index in [1.54, 1.807) is 11.4 Å². The van der Waals surface area contributed by atoms with Crippen molar-refractivity contribution in [2.24, 2.45) is 5.73 Å². The van der Waals surface area contributed by atoms with E-state index in [1.807, 2.05) is 6.07 Å². The van der Waals surface area contributed by atoms with Gasteiger partial charge in [-0.15, -0.1) is 11.3 Å². The quantitative estimate of drug-likeness (QED) is 0.822. The summed E-state index contributed by atoms with van der Waals surface area (Å²) in [7, 11) is 0. The van der Waals surface area contributed by atoms with Crippen molar-refractivity contribution in [2.45, 2.75) is 18.4 Å². The molecule has 6 heteroatoms. The van der Waals surface area contributed by atoms with Crippen molar-refractivity contribution in [3.8, 4) is 6.07 Å². The van der Waals surface area contributed by atoms with Gasteiger partial charge in [-0.25, -0.2) is 0 Å². The molecule has 0 unspecified atom stereocenters. The fraction of sp³-hybridized carbons (Fsp3) is 0.455. The predicted molar refractivity (Wildman–Crippen MR) is 64.6 cm³/mol. The minimum atomic E-state index is -0.880. The molecule has 1 aromatic rings. The highest BCUT2D eigenvalue weighted by molar-refractivity contribution is 7.14. The molecule has 1 aromatic heterocycles. The van der Waals surface area contributed by atoms with Gasteiger partial charge in [-0.3, -0.25) is 4.79 Å². The fourth-order valence-electron chi connectivity index (χ4n) is 1.68. The van der Waals surface area contributed by atoms with Crippen molar-refractivity contribution >= 4 is 22.2 Å². The molecule has 1 aliphatic rings. The first-order valence-corrected chi connectivity index (χ1v) is 6.19. The van der Waals surface area contributed by atoms with Gasteiger partial charge >= 0.3 is 0 Å². The van der Waals surface area contributed by atoms with Gasteiger partial charge in [0.15, 0.2) is 0 Å². The number of nitrogens with one attached hydrogen (secondary N) is 1. The van der Waals surface area contributed by atoms with Crippen molar-refractivity contribution in [1.82, 2.24) is 0 Å². The Morgan fingerprint density at radius 2 is 2.29 bits per heavy atom. The summed E-state index contributed by atoms with van der Waals surface area (Å²) >= 11 is 1.32. The lowest BCUT2D eigenvalue weighted by molar-refractivity contribution is -0.124. The van der Waals surface area contributed by atoms with E-state index in [4.69, 9.17) is 15.7 Å². The fourth-order valence-corrected chi connectivity index (χ4v) is 2.42. The number of anilines is 1. The molecule has 0 aliphatic carbocycles. The second-order valence-electron chi connectivity index (χ2n) is 4.00. The lowest BCUT2D eigenvalue weighted by Gasteiger charge is -2.31. The van der Waals surface area contributed by atoms with Gasteiger partial charge in [-0.1, -0.05) is 0 Å². The van der Waals surface area contributed by atoms with Crippen LogP contribution in [0.25, 0.3) is 0 Å². The van der Waals surface area contributed by atoms with Crippen LogP contribution in [0.3, 0.4) is 0 Å². The predicted octanol–water partition coefficient (Wildman–Crippen LogP) is 1.07. The smallest absolute Gasteiger partial charge is 0.245 e. The Morgan fingerprint density at radius 1 is 1.59 bits per heavy atom. The van der Waals surface area contributed by atoms with Gasteiger partial charge in [0.05, 0.1) is 5.56 Å². The van der Waals surface area contributed by atoms with Crippen LogP contribution in [0.1, 0.15) is 18.4 Å². The van der Waals surface area contributed by atoms with Gasteiger partial charge in [0.2, 0.25) is 5.91 Å². The van der Waals surface area contributed by atoms with E-state index in [0.29, 0.717) is 36.6 Å². The number of hydrogen-bond donors (Lipinski definition) is 2. The van der Waals surface area contributed by atoms with Gasteiger partial charge in [-0.05, 0) is 24.3 Å². The average molecular weight is 251 g/mol. The summed E-state index contributed by atoms with van der Waals surface area (Å²) in [6.45, 7) is 0.999. The number of ether oxygens (including phenoxy) is 1. The van der Waals surface area contributed by atoms with Crippen LogP contribution in [-0.2, 0) is 9.53 Å². The third-order valence-electron chi connectivity index (χ3n) is 2.85. The van der Waals surface area contributed by atoms with Crippen molar-refractivity contribution in [2.75, 3.05) is 18.5 Å². The third kappa shape index (κ3) is 2.47. The van der Waals surface area contributed by atoms with Gasteiger partial charge < -0.3 is 15.8 Å². The Kier molecular flexibility index (Phi) is 3.43. The van der Waals surface area contributed by atoms with Gasteiger partial charge in [0.25, 0.3) is 0 Å². The Morgan fingerprint density at radius 3 is 2.94 bits per heavy atom. The van der Waals surface area contributed by atoms with Crippen LogP contribution in [0.15, 0.2) is 11.4 Å². The molecule has 3 N–H and O–H groups in total. The molecule has 90 valence electrons. The molecular weight excluding hydrogens is 238 g/mol. The number of carbonyl (C=O) groups excluding carboxylic acids is 1. The van der Waals surface area contributed by atoms with E-state index in [1.165, 1.54) is 11.3 Å². The van der Waals surface area contributed by atoms with E-state index in [-0.39, 0.29) is 5.91 Å². The molecule has 0 bridgehead atoms. The standard InChI is InChI=1S/C11H13N3O2S/c12-7-8-1-6-17-9(8)14-10(15)11(13)2-4-16-5-3-11/h1,6H,2-5,13H2,(H,14,15). The number of nitrogens with zero attached hydrogens (tertiary/aromatic N) is 1. The molecule has 0 saturated carbocycles. The van der Waals surface area contributed by atoms with E-state index >= 15 is 0 Å². The molecule has 0 atom stereocenters. The zero-order chi connectivity index (χ0) is 12.3. The van der Waals surface area contributed by atoms with Crippen molar-refractivity contribution < 1.29 is 9.53 Å². The van der Waals surface area contributed by atoms with Crippen molar-refractivity contribution in [3.05, 3.63) is 17.0 Å². The molecular formula is C11H13N3O2S. The second kappa shape index (κ2) is 4.84. The molecule has 5 nitrogen and oxygen atoms in total. The number of thiophene rings is 1. The summed E-state index contributed by atoms with van der Waals surface area (Å²) < 4.78 is 5.19. The zero-order valence-electron chi connectivity index (χ0n) is 9.23. The van der Waals surface area contributed by atoms with Crippen LogP contribution < -0.4 is 11.1 Å². The minimum Gasteiger partial charge on any atom is -0.381 e. The zero-order valence-corrected chi connectivity index (χ0v) is 10.0. The van der Waals surface area contributed by atoms with Crippen LogP contribution in [0.4, 0.5) is 5.00 Å². The Hall–Kier alpha value is -1.42. The molecule has 1 fully saturated rings. The van der Waals surface area contributed by atoms with Crippen LogP contribution >= 0.6 is 11.3 Å². The number of nitrogens with two attached hydrogens (primary N) is 1. The maximum atomic E-state index is 12.1. The van der Waals surface area contributed by atoms with Crippen LogP contribution in [-0.4, -0.2) is 24.7 Å². The highest BCUT2D eigenvalue weighted by Crippen LogP contribution is 2.25. The molecule has 17 heavy (non-hydrogen) atoms. The molecule has 2 rings (SSSR count). The third-order valence-corrected chi connectivity index (χ3v) is 3.68. The normalized spacial score (nSPS) is 18.4. The lowest BCUT2D eigenvalue weighted by Crippen LogP contribution is -2.54.